The summed E-state index contributed by atoms with van der Waals surface area (Å²) in [7, 11) is 0. The van der Waals surface area contributed by atoms with Gasteiger partial charge in [0, 0.05) is 30.6 Å². The van der Waals surface area contributed by atoms with E-state index in [0.717, 1.165) is 37.5 Å². The number of piperidine rings is 1. The molecule has 2 aliphatic rings. The zero-order valence-electron chi connectivity index (χ0n) is 15.3. The first-order valence-corrected chi connectivity index (χ1v) is 9.86. The van der Waals surface area contributed by atoms with Crippen molar-refractivity contribution in [1.29, 1.82) is 0 Å². The molecule has 0 bridgehead atoms. The number of amides is 1. The Bertz CT molecular complexity index is 780. The van der Waals surface area contributed by atoms with E-state index in [4.69, 9.17) is 20.8 Å². The van der Waals surface area contributed by atoms with Gasteiger partial charge in [-0.05, 0) is 43.6 Å². The molecule has 0 atom stereocenters. The number of oxazole rings is 1. The minimum Gasteiger partial charge on any atom is -0.435 e. The molecule has 7 heteroatoms. The summed E-state index contributed by atoms with van der Waals surface area (Å²) in [5, 5.41) is 0.777. The van der Waals surface area contributed by atoms with Gasteiger partial charge in [-0.15, -0.1) is 0 Å². The standard InChI is InChI=1S/C20H24ClN3O3/c21-17-3-1-2-15(12-17)14-23-6-4-16(5-7-23)19-22-13-18(27-19)20(25)24-8-10-26-11-9-24/h1-3,12-13,16H,4-11,14H2. The van der Waals surface area contributed by atoms with Crippen molar-refractivity contribution < 1.29 is 13.9 Å². The molecule has 0 unspecified atom stereocenters. The van der Waals surface area contributed by atoms with E-state index in [-0.39, 0.29) is 11.8 Å². The molecule has 1 amide bonds. The summed E-state index contributed by atoms with van der Waals surface area (Å²) in [5.74, 6) is 1.21. The molecule has 2 aliphatic heterocycles. The molecular weight excluding hydrogens is 366 g/mol. The van der Waals surface area contributed by atoms with Crippen LogP contribution in [-0.2, 0) is 11.3 Å². The van der Waals surface area contributed by atoms with Crippen LogP contribution in [-0.4, -0.2) is 60.1 Å². The number of likely N-dealkylation sites (tertiary alicyclic amines) is 1. The Labute approximate surface area is 164 Å². The summed E-state index contributed by atoms with van der Waals surface area (Å²) in [4.78, 5) is 21.1. The lowest BCUT2D eigenvalue weighted by Crippen LogP contribution is -2.40. The van der Waals surface area contributed by atoms with Crippen LogP contribution >= 0.6 is 11.6 Å². The lowest BCUT2D eigenvalue weighted by atomic mass is 9.96. The Morgan fingerprint density at radius 2 is 1.96 bits per heavy atom. The largest absolute Gasteiger partial charge is 0.435 e. The third-order valence-electron chi connectivity index (χ3n) is 5.26. The van der Waals surface area contributed by atoms with Crippen LogP contribution < -0.4 is 0 Å². The maximum Gasteiger partial charge on any atom is 0.291 e. The van der Waals surface area contributed by atoms with Crippen molar-refractivity contribution in [1.82, 2.24) is 14.8 Å². The van der Waals surface area contributed by atoms with E-state index in [0.29, 0.717) is 38.0 Å². The predicted molar refractivity (Wildman–Crippen MR) is 102 cm³/mol. The van der Waals surface area contributed by atoms with Crippen LogP contribution in [0.5, 0.6) is 0 Å². The van der Waals surface area contributed by atoms with Gasteiger partial charge in [-0.1, -0.05) is 23.7 Å². The predicted octanol–water partition coefficient (Wildman–Crippen LogP) is 3.18. The Hall–Kier alpha value is -1.89. The van der Waals surface area contributed by atoms with Crippen LogP contribution in [0.1, 0.15) is 40.8 Å². The Morgan fingerprint density at radius 3 is 2.70 bits per heavy atom. The number of aromatic nitrogens is 1. The average Bonchev–Trinajstić information content (AvgIpc) is 3.19. The van der Waals surface area contributed by atoms with Gasteiger partial charge in [0.15, 0.2) is 5.89 Å². The number of benzene rings is 1. The molecule has 0 aliphatic carbocycles. The zero-order chi connectivity index (χ0) is 18.6. The first kappa shape index (κ1) is 18.5. The highest BCUT2D eigenvalue weighted by molar-refractivity contribution is 6.30. The van der Waals surface area contributed by atoms with Crippen molar-refractivity contribution in [3.05, 3.63) is 52.7 Å². The molecule has 2 fully saturated rings. The van der Waals surface area contributed by atoms with Crippen LogP contribution in [0.25, 0.3) is 0 Å². The van der Waals surface area contributed by atoms with E-state index in [9.17, 15) is 4.79 Å². The molecule has 6 nitrogen and oxygen atoms in total. The van der Waals surface area contributed by atoms with Crippen LogP contribution in [0.2, 0.25) is 5.02 Å². The van der Waals surface area contributed by atoms with Crippen molar-refractivity contribution >= 4 is 17.5 Å². The first-order valence-electron chi connectivity index (χ1n) is 9.48. The lowest BCUT2D eigenvalue weighted by molar-refractivity contribution is 0.0281. The second kappa shape index (κ2) is 8.42. The second-order valence-electron chi connectivity index (χ2n) is 7.15. The zero-order valence-corrected chi connectivity index (χ0v) is 16.0. The molecule has 3 heterocycles. The van der Waals surface area contributed by atoms with Crippen molar-refractivity contribution in [2.24, 2.45) is 0 Å². The number of morpholine rings is 1. The highest BCUT2D eigenvalue weighted by atomic mass is 35.5. The number of nitrogens with zero attached hydrogens (tertiary/aromatic N) is 3. The Balaban J connectivity index is 1.32. The number of carbonyl (C=O) groups excluding carboxylic acids is 1. The average molecular weight is 390 g/mol. The first-order chi connectivity index (χ1) is 13.2. The fourth-order valence-electron chi connectivity index (χ4n) is 3.73. The summed E-state index contributed by atoms with van der Waals surface area (Å²) in [6.07, 6.45) is 3.53. The summed E-state index contributed by atoms with van der Waals surface area (Å²) in [6, 6.07) is 8.01. The monoisotopic (exact) mass is 389 g/mol. The van der Waals surface area contributed by atoms with E-state index in [2.05, 4.69) is 16.0 Å². The number of carbonyl (C=O) groups is 1. The topological polar surface area (TPSA) is 58.8 Å². The van der Waals surface area contributed by atoms with Gasteiger partial charge in [0.2, 0.25) is 5.76 Å². The number of hydrogen-bond acceptors (Lipinski definition) is 5. The molecule has 144 valence electrons. The van der Waals surface area contributed by atoms with Gasteiger partial charge in [0.1, 0.15) is 0 Å². The van der Waals surface area contributed by atoms with E-state index in [1.54, 1.807) is 11.1 Å². The maximum atomic E-state index is 12.5. The quantitative estimate of drug-likeness (QED) is 0.803. The smallest absolute Gasteiger partial charge is 0.291 e. The molecule has 0 saturated carbocycles. The highest BCUT2D eigenvalue weighted by Gasteiger charge is 2.27. The molecule has 4 rings (SSSR count). The molecule has 27 heavy (non-hydrogen) atoms. The summed E-state index contributed by atoms with van der Waals surface area (Å²) < 4.78 is 11.1. The molecule has 2 aromatic rings. The van der Waals surface area contributed by atoms with E-state index in [1.165, 1.54) is 5.56 Å². The van der Waals surface area contributed by atoms with E-state index in [1.807, 2.05) is 18.2 Å². The highest BCUT2D eigenvalue weighted by Crippen LogP contribution is 2.29. The molecule has 0 radical (unpaired) electrons. The molecule has 1 aromatic heterocycles. The van der Waals surface area contributed by atoms with Gasteiger partial charge in [0.05, 0.1) is 19.4 Å². The van der Waals surface area contributed by atoms with Crippen LogP contribution in [0.3, 0.4) is 0 Å². The second-order valence-corrected chi connectivity index (χ2v) is 7.58. The third kappa shape index (κ3) is 4.51. The number of rotatable bonds is 4. The van der Waals surface area contributed by atoms with E-state index >= 15 is 0 Å². The van der Waals surface area contributed by atoms with Crippen molar-refractivity contribution in [3.8, 4) is 0 Å². The lowest BCUT2D eigenvalue weighted by Gasteiger charge is -2.30. The Morgan fingerprint density at radius 1 is 1.19 bits per heavy atom. The normalized spacial score (nSPS) is 19.4. The maximum absolute atomic E-state index is 12.5. The number of ether oxygens (including phenoxy) is 1. The Kier molecular flexibility index (Phi) is 5.76. The summed E-state index contributed by atoms with van der Waals surface area (Å²) in [6.45, 7) is 5.24. The van der Waals surface area contributed by atoms with Gasteiger partial charge in [-0.2, -0.15) is 0 Å². The van der Waals surface area contributed by atoms with Gasteiger partial charge in [0.25, 0.3) is 5.91 Å². The van der Waals surface area contributed by atoms with Crippen molar-refractivity contribution in [3.63, 3.8) is 0 Å². The number of halogens is 1. The fourth-order valence-corrected chi connectivity index (χ4v) is 3.94. The van der Waals surface area contributed by atoms with Crippen LogP contribution in [0, 0.1) is 0 Å². The SMILES string of the molecule is O=C(c1cnc(C2CCN(Cc3cccc(Cl)c3)CC2)o1)N1CCOCC1. The summed E-state index contributed by atoms with van der Waals surface area (Å²) >= 11 is 6.07. The van der Waals surface area contributed by atoms with Gasteiger partial charge >= 0.3 is 0 Å². The minimum atomic E-state index is -0.0876. The van der Waals surface area contributed by atoms with Crippen LogP contribution in [0.4, 0.5) is 0 Å². The van der Waals surface area contributed by atoms with Gasteiger partial charge in [-0.25, -0.2) is 4.98 Å². The molecule has 0 N–H and O–H groups in total. The fraction of sp³-hybridized carbons (Fsp3) is 0.500. The van der Waals surface area contributed by atoms with Crippen LogP contribution in [0.15, 0.2) is 34.9 Å². The van der Waals surface area contributed by atoms with Crippen molar-refractivity contribution in [2.75, 3.05) is 39.4 Å². The summed E-state index contributed by atoms with van der Waals surface area (Å²) in [5.41, 5.74) is 1.23. The van der Waals surface area contributed by atoms with Gasteiger partial charge in [-0.3, -0.25) is 9.69 Å². The van der Waals surface area contributed by atoms with Crippen molar-refractivity contribution in [2.45, 2.75) is 25.3 Å². The molecule has 0 spiro atoms. The minimum absolute atomic E-state index is 0.0876. The van der Waals surface area contributed by atoms with E-state index < -0.39 is 0 Å². The third-order valence-corrected chi connectivity index (χ3v) is 5.50. The molecule has 1 aromatic carbocycles. The van der Waals surface area contributed by atoms with Gasteiger partial charge < -0.3 is 14.1 Å². The number of hydrogen-bond donors (Lipinski definition) is 0. The molecule has 2 saturated heterocycles. The molecular formula is C20H24ClN3O3.